The molecule has 1 aromatic rings. The molecule has 0 spiro atoms. The van der Waals surface area contributed by atoms with E-state index in [1.807, 2.05) is 12.1 Å². The third-order valence-corrected chi connectivity index (χ3v) is 3.47. The average Bonchev–Trinajstić information content (AvgIpc) is 3.20. The summed E-state index contributed by atoms with van der Waals surface area (Å²) in [4.78, 5) is 0. The first-order valence-corrected chi connectivity index (χ1v) is 6.60. The zero-order valence-corrected chi connectivity index (χ0v) is 10.8. The Balaban J connectivity index is 1.78. The van der Waals surface area contributed by atoms with Crippen molar-refractivity contribution in [1.29, 1.82) is 5.26 Å². The van der Waals surface area contributed by atoms with Gasteiger partial charge in [-0.15, -0.1) is 0 Å². The Labute approximate surface area is 108 Å². The van der Waals surface area contributed by atoms with Crippen LogP contribution >= 0.6 is 0 Å². The number of aliphatic hydroxyl groups excluding tert-OH is 1. The summed E-state index contributed by atoms with van der Waals surface area (Å²) >= 11 is 0. The van der Waals surface area contributed by atoms with Crippen LogP contribution < -0.4 is 5.32 Å². The highest BCUT2D eigenvalue weighted by Crippen LogP contribution is 2.33. The third kappa shape index (κ3) is 3.83. The largest absolute Gasteiger partial charge is 0.387 e. The fraction of sp³-hybridized carbons (Fsp3) is 0.533. The third-order valence-electron chi connectivity index (χ3n) is 3.47. The number of hydrogen-bond acceptors (Lipinski definition) is 3. The molecule has 0 heterocycles. The van der Waals surface area contributed by atoms with Crippen LogP contribution in [0.2, 0.25) is 0 Å². The van der Waals surface area contributed by atoms with E-state index in [-0.39, 0.29) is 0 Å². The van der Waals surface area contributed by atoms with Crippen molar-refractivity contribution >= 4 is 0 Å². The summed E-state index contributed by atoms with van der Waals surface area (Å²) < 4.78 is 0. The Morgan fingerprint density at radius 1 is 1.39 bits per heavy atom. The molecule has 3 heteroatoms. The molecule has 2 unspecified atom stereocenters. The van der Waals surface area contributed by atoms with E-state index in [0.717, 1.165) is 11.5 Å². The molecule has 2 atom stereocenters. The number of aliphatic hydroxyl groups is 1. The standard InChI is InChI=1S/C15H20N2O/c1-11(8-12-2-3-12)17-10-15(18)14-6-4-13(9-16)5-7-14/h4-7,11-12,15,17-18H,2-3,8,10H2,1H3. The summed E-state index contributed by atoms with van der Waals surface area (Å²) in [6, 6.07) is 9.65. The minimum absolute atomic E-state index is 0.463. The molecule has 2 rings (SSSR count). The molecule has 1 saturated carbocycles. The van der Waals surface area contributed by atoms with Crippen LogP contribution in [0, 0.1) is 17.2 Å². The molecular weight excluding hydrogens is 224 g/mol. The number of rotatable bonds is 6. The lowest BCUT2D eigenvalue weighted by molar-refractivity contribution is 0.169. The quantitative estimate of drug-likeness (QED) is 0.807. The van der Waals surface area contributed by atoms with Gasteiger partial charge in [-0.05, 0) is 37.0 Å². The zero-order valence-electron chi connectivity index (χ0n) is 10.8. The van der Waals surface area contributed by atoms with Gasteiger partial charge in [0.1, 0.15) is 0 Å². The lowest BCUT2D eigenvalue weighted by atomic mass is 10.1. The van der Waals surface area contributed by atoms with Crippen LogP contribution in [0.3, 0.4) is 0 Å². The highest BCUT2D eigenvalue weighted by Gasteiger charge is 2.23. The molecule has 96 valence electrons. The molecule has 0 radical (unpaired) electrons. The molecule has 0 aliphatic heterocycles. The van der Waals surface area contributed by atoms with Crippen molar-refractivity contribution in [3.8, 4) is 6.07 Å². The lowest BCUT2D eigenvalue weighted by Crippen LogP contribution is -2.30. The molecule has 1 aromatic carbocycles. The van der Waals surface area contributed by atoms with Crippen LogP contribution in [0.4, 0.5) is 0 Å². The predicted octanol–water partition coefficient (Wildman–Crippen LogP) is 2.37. The average molecular weight is 244 g/mol. The van der Waals surface area contributed by atoms with Gasteiger partial charge in [-0.3, -0.25) is 0 Å². The van der Waals surface area contributed by atoms with Crippen LogP contribution in [-0.4, -0.2) is 17.7 Å². The van der Waals surface area contributed by atoms with Gasteiger partial charge in [0, 0.05) is 12.6 Å². The second kappa shape index (κ2) is 5.99. The highest BCUT2D eigenvalue weighted by atomic mass is 16.3. The molecule has 0 saturated heterocycles. The summed E-state index contributed by atoms with van der Waals surface area (Å²) in [5, 5.41) is 22.1. The second-order valence-corrected chi connectivity index (χ2v) is 5.24. The minimum atomic E-state index is -0.501. The van der Waals surface area contributed by atoms with Gasteiger partial charge in [-0.25, -0.2) is 0 Å². The highest BCUT2D eigenvalue weighted by molar-refractivity contribution is 5.32. The van der Waals surface area contributed by atoms with E-state index in [1.165, 1.54) is 19.3 Å². The fourth-order valence-corrected chi connectivity index (χ4v) is 2.15. The van der Waals surface area contributed by atoms with Crippen molar-refractivity contribution in [2.75, 3.05) is 6.54 Å². The number of hydrogen-bond donors (Lipinski definition) is 2. The molecule has 0 bridgehead atoms. The van der Waals surface area contributed by atoms with Gasteiger partial charge in [-0.2, -0.15) is 5.26 Å². The van der Waals surface area contributed by atoms with E-state index in [1.54, 1.807) is 12.1 Å². The zero-order chi connectivity index (χ0) is 13.0. The van der Waals surface area contributed by atoms with E-state index < -0.39 is 6.10 Å². The Hall–Kier alpha value is -1.37. The first-order chi connectivity index (χ1) is 8.69. The number of nitriles is 1. The van der Waals surface area contributed by atoms with Gasteiger partial charge >= 0.3 is 0 Å². The number of benzene rings is 1. The Morgan fingerprint density at radius 2 is 2.06 bits per heavy atom. The van der Waals surface area contributed by atoms with Crippen LogP contribution in [0.15, 0.2) is 24.3 Å². The molecule has 1 fully saturated rings. The van der Waals surface area contributed by atoms with Gasteiger partial charge in [0.25, 0.3) is 0 Å². The topological polar surface area (TPSA) is 56.0 Å². The summed E-state index contributed by atoms with van der Waals surface area (Å²) in [7, 11) is 0. The Kier molecular flexibility index (Phi) is 4.35. The molecular formula is C15H20N2O. The van der Waals surface area contributed by atoms with E-state index in [0.29, 0.717) is 18.2 Å². The van der Waals surface area contributed by atoms with Crippen molar-refractivity contribution in [1.82, 2.24) is 5.32 Å². The maximum absolute atomic E-state index is 10.0. The van der Waals surface area contributed by atoms with E-state index >= 15 is 0 Å². The molecule has 18 heavy (non-hydrogen) atoms. The van der Waals surface area contributed by atoms with Gasteiger partial charge < -0.3 is 10.4 Å². The Morgan fingerprint density at radius 3 is 2.61 bits per heavy atom. The monoisotopic (exact) mass is 244 g/mol. The molecule has 3 nitrogen and oxygen atoms in total. The molecule has 1 aliphatic rings. The van der Waals surface area contributed by atoms with E-state index in [9.17, 15) is 5.11 Å². The van der Waals surface area contributed by atoms with E-state index in [2.05, 4.69) is 18.3 Å². The van der Waals surface area contributed by atoms with Gasteiger partial charge in [0.2, 0.25) is 0 Å². The van der Waals surface area contributed by atoms with Gasteiger partial charge in [0.15, 0.2) is 0 Å². The first kappa shape index (κ1) is 13.1. The summed E-state index contributed by atoms with van der Waals surface area (Å²) in [6.07, 6.45) is 3.44. The maximum Gasteiger partial charge on any atom is 0.0991 e. The molecule has 2 N–H and O–H groups in total. The number of nitrogens with zero attached hydrogens (tertiary/aromatic N) is 1. The summed E-state index contributed by atoms with van der Waals surface area (Å²) in [5.41, 5.74) is 1.49. The predicted molar refractivity (Wildman–Crippen MR) is 70.9 cm³/mol. The van der Waals surface area contributed by atoms with E-state index in [4.69, 9.17) is 5.26 Å². The van der Waals surface area contributed by atoms with Gasteiger partial charge in [0.05, 0.1) is 17.7 Å². The van der Waals surface area contributed by atoms with Crippen molar-refractivity contribution in [3.05, 3.63) is 35.4 Å². The molecule has 0 aromatic heterocycles. The lowest BCUT2D eigenvalue weighted by Gasteiger charge is -2.17. The summed E-state index contributed by atoms with van der Waals surface area (Å²) in [6.45, 7) is 2.74. The van der Waals surface area contributed by atoms with Crippen LogP contribution in [0.25, 0.3) is 0 Å². The second-order valence-electron chi connectivity index (χ2n) is 5.24. The maximum atomic E-state index is 10.0. The minimum Gasteiger partial charge on any atom is -0.387 e. The smallest absolute Gasteiger partial charge is 0.0991 e. The molecule has 0 amide bonds. The fourth-order valence-electron chi connectivity index (χ4n) is 2.15. The van der Waals surface area contributed by atoms with Crippen LogP contribution in [-0.2, 0) is 0 Å². The van der Waals surface area contributed by atoms with Crippen molar-refractivity contribution in [3.63, 3.8) is 0 Å². The normalized spacial score (nSPS) is 18.1. The van der Waals surface area contributed by atoms with Crippen molar-refractivity contribution in [2.24, 2.45) is 5.92 Å². The molecule has 1 aliphatic carbocycles. The van der Waals surface area contributed by atoms with Crippen LogP contribution in [0.5, 0.6) is 0 Å². The first-order valence-electron chi connectivity index (χ1n) is 6.60. The number of nitrogens with one attached hydrogen (secondary N) is 1. The Bertz CT molecular complexity index is 417. The summed E-state index contributed by atoms with van der Waals surface area (Å²) in [5.74, 6) is 0.902. The van der Waals surface area contributed by atoms with Crippen molar-refractivity contribution < 1.29 is 5.11 Å². The SMILES string of the molecule is CC(CC1CC1)NCC(O)c1ccc(C#N)cc1. The van der Waals surface area contributed by atoms with Crippen molar-refractivity contribution in [2.45, 2.75) is 38.3 Å². The van der Waals surface area contributed by atoms with Crippen LogP contribution in [0.1, 0.15) is 43.4 Å². The van der Waals surface area contributed by atoms with Gasteiger partial charge in [-0.1, -0.05) is 25.0 Å².